The van der Waals surface area contributed by atoms with Gasteiger partial charge in [-0.15, -0.1) is 11.8 Å². The Morgan fingerprint density at radius 3 is 2.82 bits per heavy atom. The summed E-state index contributed by atoms with van der Waals surface area (Å²) in [6.45, 7) is 0. The van der Waals surface area contributed by atoms with Crippen LogP contribution in [0.2, 0.25) is 0 Å². The minimum Gasteiger partial charge on any atom is -0.468 e. The molecule has 1 rings (SSSR count). The Balaban J connectivity index is 2.86. The SMILES string of the molecule is COC(=O)CSc1ccc([N+](=O)[O-])c(C=O)c1. The first-order valence-corrected chi connectivity index (χ1v) is 5.50. The van der Waals surface area contributed by atoms with Crippen LogP contribution < -0.4 is 0 Å². The lowest BCUT2D eigenvalue weighted by molar-refractivity contribution is -0.385. The number of carbonyl (C=O) groups excluding carboxylic acids is 2. The fraction of sp³-hybridized carbons (Fsp3) is 0.200. The van der Waals surface area contributed by atoms with Crippen molar-refractivity contribution in [3.63, 3.8) is 0 Å². The van der Waals surface area contributed by atoms with Gasteiger partial charge in [0, 0.05) is 11.0 Å². The molecule has 0 aliphatic rings. The van der Waals surface area contributed by atoms with Crippen molar-refractivity contribution in [2.45, 2.75) is 4.90 Å². The molecule has 0 saturated carbocycles. The zero-order valence-corrected chi connectivity index (χ0v) is 9.73. The van der Waals surface area contributed by atoms with E-state index in [0.29, 0.717) is 11.2 Å². The van der Waals surface area contributed by atoms with Crippen molar-refractivity contribution in [1.82, 2.24) is 0 Å². The molecule has 0 fully saturated rings. The number of nitro benzene ring substituents is 1. The van der Waals surface area contributed by atoms with Gasteiger partial charge in [0.2, 0.25) is 0 Å². The highest BCUT2D eigenvalue weighted by atomic mass is 32.2. The van der Waals surface area contributed by atoms with Crippen molar-refractivity contribution in [2.24, 2.45) is 0 Å². The van der Waals surface area contributed by atoms with Crippen LogP contribution in [0.1, 0.15) is 10.4 Å². The number of carbonyl (C=O) groups is 2. The van der Waals surface area contributed by atoms with Gasteiger partial charge in [0.1, 0.15) is 0 Å². The van der Waals surface area contributed by atoms with E-state index in [1.54, 1.807) is 0 Å². The van der Waals surface area contributed by atoms with Gasteiger partial charge in [0.05, 0.1) is 23.3 Å². The van der Waals surface area contributed by atoms with E-state index in [1.807, 2.05) is 0 Å². The van der Waals surface area contributed by atoms with Gasteiger partial charge in [-0.1, -0.05) is 0 Å². The van der Waals surface area contributed by atoms with E-state index in [4.69, 9.17) is 0 Å². The molecule has 17 heavy (non-hydrogen) atoms. The monoisotopic (exact) mass is 255 g/mol. The molecule has 7 heteroatoms. The molecule has 0 N–H and O–H groups in total. The molecule has 0 spiro atoms. The number of hydrogen-bond donors (Lipinski definition) is 0. The molecule has 0 aliphatic carbocycles. The number of aldehydes is 1. The molecule has 0 aliphatic heterocycles. The predicted octanol–water partition coefficient (Wildman–Crippen LogP) is 1.67. The zero-order chi connectivity index (χ0) is 12.8. The first kappa shape index (κ1) is 13.2. The quantitative estimate of drug-likeness (QED) is 0.261. The molecule has 1 aromatic carbocycles. The van der Waals surface area contributed by atoms with Crippen LogP contribution in [0.25, 0.3) is 0 Å². The summed E-state index contributed by atoms with van der Waals surface area (Å²) in [5.74, 6) is -0.312. The van der Waals surface area contributed by atoms with Gasteiger partial charge in [-0.25, -0.2) is 0 Å². The van der Waals surface area contributed by atoms with Crippen molar-refractivity contribution < 1.29 is 19.2 Å². The van der Waals surface area contributed by atoms with Crippen LogP contribution in [0.4, 0.5) is 5.69 Å². The molecule has 0 unspecified atom stereocenters. The Hall–Kier alpha value is -1.89. The maximum absolute atomic E-state index is 10.9. The van der Waals surface area contributed by atoms with Gasteiger partial charge in [-0.05, 0) is 12.1 Å². The van der Waals surface area contributed by atoms with E-state index < -0.39 is 10.9 Å². The molecule has 0 saturated heterocycles. The highest BCUT2D eigenvalue weighted by Crippen LogP contribution is 2.24. The summed E-state index contributed by atoms with van der Waals surface area (Å²) in [7, 11) is 1.27. The largest absolute Gasteiger partial charge is 0.468 e. The van der Waals surface area contributed by atoms with Crippen molar-refractivity contribution >= 4 is 29.7 Å². The minimum atomic E-state index is -0.627. The molecule has 90 valence electrons. The van der Waals surface area contributed by atoms with Crippen molar-refractivity contribution in [1.29, 1.82) is 0 Å². The fourth-order valence-electron chi connectivity index (χ4n) is 1.08. The lowest BCUT2D eigenvalue weighted by Gasteiger charge is -2.01. The summed E-state index contributed by atoms with van der Waals surface area (Å²) in [5, 5.41) is 10.6. The topological polar surface area (TPSA) is 86.5 Å². The highest BCUT2D eigenvalue weighted by Gasteiger charge is 2.14. The maximum atomic E-state index is 10.9. The highest BCUT2D eigenvalue weighted by molar-refractivity contribution is 8.00. The lowest BCUT2D eigenvalue weighted by Crippen LogP contribution is -2.03. The number of hydrogen-bond acceptors (Lipinski definition) is 6. The number of thioether (sulfide) groups is 1. The molecule has 0 aromatic heterocycles. The first-order chi connectivity index (χ1) is 8.08. The number of rotatable bonds is 5. The molecular formula is C10H9NO5S. The summed E-state index contributed by atoms with van der Waals surface area (Å²) in [6, 6.07) is 4.10. The summed E-state index contributed by atoms with van der Waals surface area (Å²) < 4.78 is 4.45. The minimum absolute atomic E-state index is 0.00938. The van der Waals surface area contributed by atoms with Crippen LogP contribution in [0.5, 0.6) is 0 Å². The average Bonchev–Trinajstić information content (AvgIpc) is 2.35. The predicted molar refractivity (Wildman–Crippen MR) is 61.2 cm³/mol. The van der Waals surface area contributed by atoms with Gasteiger partial charge in [-0.2, -0.15) is 0 Å². The van der Waals surface area contributed by atoms with E-state index in [9.17, 15) is 19.7 Å². The Bertz CT molecular complexity index is 460. The molecule has 0 heterocycles. The molecule has 0 bridgehead atoms. The van der Waals surface area contributed by atoms with Gasteiger partial charge < -0.3 is 4.74 Å². The Kier molecular flexibility index (Phi) is 4.65. The summed E-state index contributed by atoms with van der Waals surface area (Å²) >= 11 is 1.15. The number of ether oxygens (including phenoxy) is 1. The van der Waals surface area contributed by atoms with Crippen molar-refractivity contribution in [3.8, 4) is 0 Å². The third-order valence-corrected chi connectivity index (χ3v) is 2.87. The number of esters is 1. The molecule has 0 radical (unpaired) electrons. The van der Waals surface area contributed by atoms with E-state index >= 15 is 0 Å². The first-order valence-electron chi connectivity index (χ1n) is 4.51. The summed E-state index contributed by atoms with van der Waals surface area (Å²) in [5.41, 5.74) is -0.257. The van der Waals surface area contributed by atoms with Gasteiger partial charge in [0.15, 0.2) is 6.29 Å². The van der Waals surface area contributed by atoms with E-state index in [-0.39, 0.29) is 17.0 Å². The average molecular weight is 255 g/mol. The normalized spacial score (nSPS) is 9.71. The van der Waals surface area contributed by atoms with Crippen molar-refractivity contribution in [2.75, 3.05) is 12.9 Å². The molecule has 0 atom stereocenters. The van der Waals surface area contributed by atoms with Crippen LogP contribution in [0, 0.1) is 10.1 Å². The smallest absolute Gasteiger partial charge is 0.315 e. The Morgan fingerprint density at radius 1 is 1.59 bits per heavy atom. The maximum Gasteiger partial charge on any atom is 0.315 e. The number of nitro groups is 1. The number of nitrogens with zero attached hydrogens (tertiary/aromatic N) is 1. The molecule has 1 aromatic rings. The number of benzene rings is 1. The summed E-state index contributed by atoms with van der Waals surface area (Å²) in [6.07, 6.45) is 0.417. The molecular weight excluding hydrogens is 246 g/mol. The Morgan fingerprint density at radius 2 is 2.29 bits per heavy atom. The van der Waals surface area contributed by atoms with E-state index in [0.717, 1.165) is 11.8 Å². The molecule has 6 nitrogen and oxygen atoms in total. The summed E-state index contributed by atoms with van der Waals surface area (Å²) in [4.78, 5) is 32.1. The van der Waals surface area contributed by atoms with Crippen molar-refractivity contribution in [3.05, 3.63) is 33.9 Å². The second-order valence-corrected chi connectivity index (χ2v) is 4.01. The van der Waals surface area contributed by atoms with Crippen LogP contribution in [-0.2, 0) is 9.53 Å². The van der Waals surface area contributed by atoms with Gasteiger partial charge in [0.25, 0.3) is 5.69 Å². The second kappa shape index (κ2) is 6.00. The third kappa shape index (κ3) is 3.56. The fourth-order valence-corrected chi connectivity index (χ4v) is 1.86. The van der Waals surface area contributed by atoms with E-state index in [1.165, 1.54) is 25.3 Å². The lowest BCUT2D eigenvalue weighted by atomic mass is 10.2. The third-order valence-electron chi connectivity index (χ3n) is 1.91. The Labute approximate surface area is 101 Å². The molecule has 0 amide bonds. The van der Waals surface area contributed by atoms with Gasteiger partial charge >= 0.3 is 5.97 Å². The van der Waals surface area contributed by atoms with Gasteiger partial charge in [-0.3, -0.25) is 19.7 Å². The zero-order valence-electron chi connectivity index (χ0n) is 8.91. The van der Waals surface area contributed by atoms with E-state index in [2.05, 4.69) is 4.74 Å². The van der Waals surface area contributed by atoms with Crippen LogP contribution in [0.15, 0.2) is 23.1 Å². The second-order valence-electron chi connectivity index (χ2n) is 2.96. The van der Waals surface area contributed by atoms with Crippen LogP contribution in [-0.4, -0.2) is 30.0 Å². The standard InChI is InChI=1S/C10H9NO5S/c1-16-10(13)6-17-8-2-3-9(11(14)15)7(4-8)5-12/h2-5H,6H2,1H3. The van der Waals surface area contributed by atoms with Crippen LogP contribution >= 0.6 is 11.8 Å². The van der Waals surface area contributed by atoms with Crippen LogP contribution in [0.3, 0.4) is 0 Å². The number of methoxy groups -OCH3 is 1.